The molecule has 116 valence electrons. The van der Waals surface area contributed by atoms with Crippen molar-refractivity contribution >= 4 is 51.3 Å². The molecule has 0 aliphatic heterocycles. The van der Waals surface area contributed by atoms with Crippen LogP contribution < -0.4 is 0 Å². The Morgan fingerprint density at radius 1 is 0.708 bits per heavy atom. The summed E-state index contributed by atoms with van der Waals surface area (Å²) >= 11 is 0. The first-order valence-electron chi connectivity index (χ1n) is 8.03. The van der Waals surface area contributed by atoms with Crippen LogP contribution in [0.25, 0.3) is 43.4 Å². The summed E-state index contributed by atoms with van der Waals surface area (Å²) < 4.78 is 9.82. The minimum atomic E-state index is -0.752. The Balaban J connectivity index is 2.23. The molecule has 24 heavy (non-hydrogen) atoms. The molecular weight excluding hydrogens is 313 g/mol. The van der Waals surface area contributed by atoms with E-state index in [0.717, 1.165) is 11.1 Å². The molecule has 0 saturated heterocycles. The summed E-state index contributed by atoms with van der Waals surface area (Å²) in [6.45, 7) is 2.11. The third-order valence-electron chi connectivity index (χ3n) is 4.58. The molecule has 4 aromatic carbocycles. The highest BCUT2D eigenvalue weighted by Crippen LogP contribution is 2.37. The summed E-state index contributed by atoms with van der Waals surface area (Å²) in [6, 6.07) is 25.7. The minimum absolute atomic E-state index is 0.752. The van der Waals surface area contributed by atoms with E-state index in [9.17, 15) is 0 Å². The van der Waals surface area contributed by atoms with Crippen LogP contribution in [-0.4, -0.2) is 4.75 Å². The molecule has 0 radical (unpaired) electrons. The van der Waals surface area contributed by atoms with E-state index in [0.29, 0.717) is 0 Å². The maximum atomic E-state index is 6.25. The van der Waals surface area contributed by atoms with Gasteiger partial charge >= 0.3 is 0 Å². The number of H-pyrrole nitrogens is 1. The van der Waals surface area contributed by atoms with Gasteiger partial charge in [-0.05, 0) is 33.7 Å². The van der Waals surface area contributed by atoms with E-state index in [1.54, 1.807) is 0 Å². The van der Waals surface area contributed by atoms with Gasteiger partial charge in [-0.1, -0.05) is 60.7 Å². The van der Waals surface area contributed by atoms with Gasteiger partial charge in [-0.2, -0.15) is 0 Å². The van der Waals surface area contributed by atoms with Gasteiger partial charge in [0.25, 0.3) is 0 Å². The Kier molecular flexibility index (Phi) is 2.95. The topological polar surface area (TPSA) is 28.9 Å². The molecule has 5 rings (SSSR count). The quantitative estimate of drug-likeness (QED) is 0.330. The third kappa shape index (κ3) is 1.97. The van der Waals surface area contributed by atoms with Gasteiger partial charge in [0.15, 0.2) is 0 Å². The smallest absolute Gasteiger partial charge is 0.141 e. The molecule has 0 fully saturated rings. The number of nitrogens with one attached hydrogen (secondary N) is 1. The number of fused-ring (bicyclic) bond motifs is 7. The van der Waals surface area contributed by atoms with Gasteiger partial charge in [0.2, 0.25) is 0 Å². The van der Waals surface area contributed by atoms with Crippen LogP contribution >= 0.6 is 7.93 Å². The molecule has 5 aromatic rings. The fraction of sp³-hybridized carbons (Fsp3) is 0.0476. The molecule has 0 aliphatic rings. The molecule has 0 aliphatic carbocycles. The minimum Gasteiger partial charge on any atom is -0.434 e. The molecule has 0 amide bonds. The summed E-state index contributed by atoms with van der Waals surface area (Å²) in [7, 11) is -0.752. The molecule has 0 saturated carbocycles. The predicted molar refractivity (Wildman–Crippen MR) is 104 cm³/mol. The van der Waals surface area contributed by atoms with Crippen molar-refractivity contribution < 1.29 is 4.20 Å². The van der Waals surface area contributed by atoms with Gasteiger partial charge in [0.05, 0.1) is 5.52 Å². The average Bonchev–Trinajstić information content (AvgIpc) is 2.77. The monoisotopic (exact) mass is 329 g/mol. The molecule has 3 heteroatoms. The fourth-order valence-corrected chi connectivity index (χ4v) is 4.58. The number of hydrogen-bond acceptors (Lipinski definition) is 1. The number of aromatic nitrogens is 1. The lowest BCUT2D eigenvalue weighted by atomic mass is 9.98. The lowest BCUT2D eigenvalue weighted by Crippen LogP contribution is -1.80. The van der Waals surface area contributed by atoms with Crippen LogP contribution in [0.1, 0.15) is 0 Å². The highest BCUT2D eigenvalue weighted by Gasteiger charge is 2.09. The number of rotatable bonds is 0. The first kappa shape index (κ1) is 13.7. The summed E-state index contributed by atoms with van der Waals surface area (Å²) in [6.07, 6.45) is 0. The van der Waals surface area contributed by atoms with Crippen LogP contribution in [0.15, 0.2) is 77.0 Å². The largest absolute Gasteiger partial charge is 0.434 e. The van der Waals surface area contributed by atoms with Crippen molar-refractivity contribution in [2.75, 3.05) is 0 Å². The van der Waals surface area contributed by atoms with Gasteiger partial charge in [-0.3, -0.25) is 0 Å². The molecule has 0 spiro atoms. The molecular formula is C21H16NOP. The zero-order valence-electron chi connectivity index (χ0n) is 13.3. The first-order valence-corrected chi connectivity index (χ1v) is 9.74. The lowest BCUT2D eigenvalue weighted by Gasteiger charge is -2.06. The van der Waals surface area contributed by atoms with E-state index in [2.05, 4.69) is 84.2 Å². The van der Waals surface area contributed by atoms with Crippen molar-refractivity contribution in [1.82, 2.24) is 4.75 Å². The molecule has 1 atom stereocenters. The molecule has 1 aromatic heterocycles. The second-order valence-corrected chi connectivity index (χ2v) is 7.47. The fourth-order valence-electron chi connectivity index (χ4n) is 3.56. The lowest BCUT2D eigenvalue weighted by molar-refractivity contribution is 0.735. The van der Waals surface area contributed by atoms with Crippen molar-refractivity contribution in [2.45, 2.75) is 0 Å². The molecule has 1 heterocycles. The summed E-state index contributed by atoms with van der Waals surface area (Å²) in [5.74, 6) is 0. The number of hydrogen-bond donors (Lipinski definition) is 1. The van der Waals surface area contributed by atoms with Gasteiger partial charge < -0.3 is 8.94 Å². The van der Waals surface area contributed by atoms with Crippen molar-refractivity contribution in [1.29, 1.82) is 0 Å². The van der Waals surface area contributed by atoms with Gasteiger partial charge in [0.1, 0.15) is 13.5 Å². The second-order valence-electron chi connectivity index (χ2n) is 6.07. The molecule has 1 unspecified atom stereocenters. The normalized spacial score (nSPS) is 12.3. The van der Waals surface area contributed by atoms with Crippen LogP contribution in [0.2, 0.25) is 0 Å². The van der Waals surface area contributed by atoms with E-state index in [4.69, 9.17) is 4.20 Å². The molecule has 0 bridgehead atoms. The van der Waals surface area contributed by atoms with E-state index in [1.165, 1.54) is 32.3 Å². The molecule has 2 nitrogen and oxygen atoms in total. The van der Waals surface area contributed by atoms with Crippen LogP contribution in [0.5, 0.6) is 0 Å². The van der Waals surface area contributed by atoms with Crippen LogP contribution in [0, 0.1) is 0 Å². The van der Waals surface area contributed by atoms with Gasteiger partial charge in [-0.15, -0.1) is 0 Å². The van der Waals surface area contributed by atoms with E-state index >= 15 is 0 Å². The van der Waals surface area contributed by atoms with Crippen molar-refractivity contribution in [2.24, 2.45) is 6.66 Å². The highest BCUT2D eigenvalue weighted by atomic mass is 31.1. The van der Waals surface area contributed by atoms with E-state index < -0.39 is 7.93 Å². The first-order chi connectivity index (χ1) is 11.8. The Morgan fingerprint density at radius 2 is 1.33 bits per heavy atom. The van der Waals surface area contributed by atoms with Crippen molar-refractivity contribution in [3.63, 3.8) is 0 Å². The summed E-state index contributed by atoms with van der Waals surface area (Å²) in [5.41, 5.74) is 2.11. The van der Waals surface area contributed by atoms with Crippen molar-refractivity contribution in [3.8, 4) is 0 Å². The van der Waals surface area contributed by atoms with Crippen LogP contribution in [-0.2, 0) is 6.66 Å². The Hall–Kier alpha value is -2.70. The van der Waals surface area contributed by atoms with Crippen LogP contribution in [0.4, 0.5) is 0 Å². The van der Waals surface area contributed by atoms with E-state index in [1.807, 2.05) is 0 Å². The zero-order valence-corrected chi connectivity index (χ0v) is 14.2. The summed E-state index contributed by atoms with van der Waals surface area (Å²) in [4.78, 5) is 0. The Bertz CT molecular complexity index is 1170. The maximum Gasteiger partial charge on any atom is 0.141 e. The van der Waals surface area contributed by atoms with Crippen LogP contribution in [0.3, 0.4) is 0 Å². The number of benzene rings is 4. The Morgan fingerprint density at radius 3 is 2.08 bits per heavy atom. The number of aryl methyl sites for hydroxylation is 1. The summed E-state index contributed by atoms with van der Waals surface area (Å²) in [5, 5.41) is 7.42. The number of aromatic amines is 1. The highest BCUT2D eigenvalue weighted by molar-refractivity contribution is 7.37. The Labute approximate surface area is 140 Å². The van der Waals surface area contributed by atoms with E-state index in [-0.39, 0.29) is 0 Å². The predicted octanol–water partition coefficient (Wildman–Crippen LogP) is 6.87. The zero-order chi connectivity index (χ0) is 16.1. The maximum absolute atomic E-state index is 6.25. The standard InChI is InChI=1S/C21H16NOP/c1-24-22-18-12-10-14-6-2-4-8-16(14)20(18)21-17-9-5-3-7-15(17)11-13-19(21)23-24/h2-13,22H,1H3. The SMILES string of the molecule is Cp1[nH]c2ccc3ccccc3c2c2c(ccc3ccccc32)o1. The average molecular weight is 329 g/mol. The molecule has 1 N–H and O–H groups in total. The van der Waals surface area contributed by atoms with Gasteiger partial charge in [-0.25, -0.2) is 0 Å². The third-order valence-corrected chi connectivity index (χ3v) is 5.61. The second kappa shape index (κ2) is 5.15. The van der Waals surface area contributed by atoms with Crippen molar-refractivity contribution in [3.05, 3.63) is 72.8 Å². The van der Waals surface area contributed by atoms with Gasteiger partial charge in [0, 0.05) is 17.4 Å².